The van der Waals surface area contributed by atoms with Crippen molar-refractivity contribution < 1.29 is 13.9 Å². The van der Waals surface area contributed by atoms with Crippen LogP contribution in [0.3, 0.4) is 0 Å². The van der Waals surface area contributed by atoms with Gasteiger partial charge in [0, 0.05) is 25.4 Å². The second-order valence-electron chi connectivity index (χ2n) is 6.31. The van der Waals surface area contributed by atoms with Crippen molar-refractivity contribution in [3.63, 3.8) is 0 Å². The number of halogens is 2. The molecule has 10 heteroatoms. The summed E-state index contributed by atoms with van der Waals surface area (Å²) in [5.74, 6) is 1.84. The highest BCUT2D eigenvalue weighted by molar-refractivity contribution is 14.0. The Morgan fingerprint density at radius 2 is 2.17 bits per heavy atom. The van der Waals surface area contributed by atoms with Gasteiger partial charge in [0.1, 0.15) is 11.6 Å². The van der Waals surface area contributed by atoms with Gasteiger partial charge in [0.05, 0.1) is 13.2 Å². The minimum atomic E-state index is -0.288. The van der Waals surface area contributed by atoms with Crippen molar-refractivity contribution in [1.82, 2.24) is 25.2 Å². The van der Waals surface area contributed by atoms with E-state index in [1.807, 2.05) is 28.8 Å². The average molecular weight is 512 g/mol. The maximum atomic E-state index is 13.8. The summed E-state index contributed by atoms with van der Waals surface area (Å²) in [7, 11) is 1.70. The molecule has 1 aliphatic heterocycles. The van der Waals surface area contributed by atoms with Crippen LogP contribution in [0.15, 0.2) is 41.5 Å². The Hall–Kier alpha value is -2.47. The predicted molar refractivity (Wildman–Crippen MR) is 117 cm³/mol. The number of hydrogen-bond donors (Lipinski definition) is 2. The molecule has 0 unspecified atom stereocenters. The lowest BCUT2D eigenvalue weighted by molar-refractivity contribution is -0.0172. The molecule has 1 aromatic carbocycles. The lowest BCUT2D eigenvalue weighted by Crippen LogP contribution is -2.38. The predicted octanol–water partition coefficient (Wildman–Crippen LogP) is 2.26. The number of guanidine groups is 1. The summed E-state index contributed by atoms with van der Waals surface area (Å²) < 4.78 is 26.5. The lowest BCUT2D eigenvalue weighted by atomic mass is 10.1. The molecule has 4 rings (SSSR count). The number of nitrogens with zero attached hydrogens (tertiary/aromatic N) is 4. The number of ether oxygens (including phenoxy) is 2. The van der Waals surface area contributed by atoms with Gasteiger partial charge in [-0.3, -0.25) is 9.39 Å². The number of aliphatic imine (C=N–C) groups is 1. The third-order valence-electron chi connectivity index (χ3n) is 4.46. The zero-order valence-electron chi connectivity index (χ0n) is 15.9. The van der Waals surface area contributed by atoms with Crippen LogP contribution in [0.5, 0.6) is 5.75 Å². The minimum absolute atomic E-state index is 0. The van der Waals surface area contributed by atoms with E-state index in [1.165, 1.54) is 12.1 Å². The molecule has 3 heterocycles. The molecule has 0 amide bonds. The highest BCUT2D eigenvalue weighted by Crippen LogP contribution is 2.29. The second kappa shape index (κ2) is 9.83. The van der Waals surface area contributed by atoms with Crippen LogP contribution in [0.2, 0.25) is 0 Å². The van der Waals surface area contributed by atoms with Crippen LogP contribution >= 0.6 is 24.0 Å². The summed E-state index contributed by atoms with van der Waals surface area (Å²) in [4.78, 5) is 4.22. The fourth-order valence-corrected chi connectivity index (χ4v) is 3.15. The van der Waals surface area contributed by atoms with Crippen LogP contribution in [0.25, 0.3) is 5.65 Å². The standard InChI is InChI=1S/C19H21FN6O2.HI/c1-21-19(23-10-17-25-24-16-4-2-3-7-26(16)17)22-6-5-13-8-15(20)9-14-11-27-12-28-18(13)14;/h2-4,7-9H,5-6,10-12H2,1H3,(H2,21,22,23);1H. The van der Waals surface area contributed by atoms with E-state index in [4.69, 9.17) is 9.47 Å². The van der Waals surface area contributed by atoms with Crippen LogP contribution < -0.4 is 15.4 Å². The lowest BCUT2D eigenvalue weighted by Gasteiger charge is -2.21. The van der Waals surface area contributed by atoms with Crippen LogP contribution in [-0.2, 0) is 24.3 Å². The number of pyridine rings is 1. The first-order valence-electron chi connectivity index (χ1n) is 8.99. The number of nitrogens with one attached hydrogen (secondary N) is 2. The molecule has 8 nitrogen and oxygen atoms in total. The summed E-state index contributed by atoms with van der Waals surface area (Å²) >= 11 is 0. The molecule has 2 N–H and O–H groups in total. The highest BCUT2D eigenvalue weighted by Gasteiger charge is 2.16. The summed E-state index contributed by atoms with van der Waals surface area (Å²) in [6.45, 7) is 1.60. The Bertz CT molecular complexity index is 1010. The van der Waals surface area contributed by atoms with E-state index < -0.39 is 0 Å². The van der Waals surface area contributed by atoms with Gasteiger partial charge in [-0.05, 0) is 36.2 Å². The Morgan fingerprint density at radius 1 is 1.28 bits per heavy atom. The summed E-state index contributed by atoms with van der Waals surface area (Å²) in [5.41, 5.74) is 2.34. The number of benzene rings is 1. The average Bonchev–Trinajstić information content (AvgIpc) is 3.13. The third kappa shape index (κ3) is 4.93. The van der Waals surface area contributed by atoms with Crippen molar-refractivity contribution in [2.75, 3.05) is 20.4 Å². The SMILES string of the molecule is CN=C(NCCc1cc(F)cc2c1OCOC2)NCc1nnc2ccccn12.I. The molecule has 0 saturated heterocycles. The van der Waals surface area contributed by atoms with Gasteiger partial charge in [0.2, 0.25) is 0 Å². The highest BCUT2D eigenvalue weighted by atomic mass is 127. The molecule has 0 spiro atoms. The van der Waals surface area contributed by atoms with E-state index in [-0.39, 0.29) is 36.6 Å². The van der Waals surface area contributed by atoms with Gasteiger partial charge in [0.15, 0.2) is 24.2 Å². The van der Waals surface area contributed by atoms with E-state index in [1.54, 1.807) is 7.05 Å². The van der Waals surface area contributed by atoms with Gasteiger partial charge in [0.25, 0.3) is 0 Å². The maximum Gasteiger partial charge on any atom is 0.191 e. The molecule has 1 aliphatic rings. The molecule has 0 saturated carbocycles. The first kappa shape index (κ1) is 21.2. The number of aromatic nitrogens is 3. The molecule has 0 fully saturated rings. The van der Waals surface area contributed by atoms with E-state index in [9.17, 15) is 4.39 Å². The van der Waals surface area contributed by atoms with Crippen molar-refractivity contribution in [2.45, 2.75) is 19.6 Å². The number of rotatable bonds is 5. The quantitative estimate of drug-likeness (QED) is 0.310. The van der Waals surface area contributed by atoms with Crippen molar-refractivity contribution in [2.24, 2.45) is 4.99 Å². The van der Waals surface area contributed by atoms with E-state index in [0.717, 1.165) is 22.6 Å². The summed E-state index contributed by atoms with van der Waals surface area (Å²) in [5, 5.41) is 14.8. The van der Waals surface area contributed by atoms with Gasteiger partial charge < -0.3 is 20.1 Å². The van der Waals surface area contributed by atoms with Crippen molar-refractivity contribution >= 4 is 35.6 Å². The van der Waals surface area contributed by atoms with Crippen LogP contribution in [0.4, 0.5) is 4.39 Å². The maximum absolute atomic E-state index is 13.8. The van der Waals surface area contributed by atoms with Gasteiger partial charge in [-0.25, -0.2) is 4.39 Å². The molecule has 154 valence electrons. The van der Waals surface area contributed by atoms with Crippen LogP contribution in [0.1, 0.15) is 17.0 Å². The first-order chi connectivity index (χ1) is 13.7. The molecule has 2 aromatic heterocycles. The van der Waals surface area contributed by atoms with Crippen molar-refractivity contribution in [3.8, 4) is 5.75 Å². The number of hydrogen-bond acceptors (Lipinski definition) is 5. The molecular weight excluding hydrogens is 490 g/mol. The summed E-state index contributed by atoms with van der Waals surface area (Å²) in [6, 6.07) is 8.71. The molecule has 29 heavy (non-hydrogen) atoms. The van der Waals surface area contributed by atoms with Crippen molar-refractivity contribution in [1.29, 1.82) is 0 Å². The summed E-state index contributed by atoms with van der Waals surface area (Å²) in [6.07, 6.45) is 2.51. The molecule has 3 aromatic rings. The largest absolute Gasteiger partial charge is 0.467 e. The monoisotopic (exact) mass is 512 g/mol. The molecule has 0 bridgehead atoms. The Balaban J connectivity index is 0.00000240. The normalized spacial score (nSPS) is 13.4. The molecular formula is C19H22FIN6O2. The van der Waals surface area contributed by atoms with Gasteiger partial charge in [-0.1, -0.05) is 6.07 Å². The Morgan fingerprint density at radius 3 is 3.03 bits per heavy atom. The smallest absolute Gasteiger partial charge is 0.191 e. The van der Waals surface area contributed by atoms with E-state index in [0.29, 0.717) is 37.8 Å². The van der Waals surface area contributed by atoms with Gasteiger partial charge in [-0.15, -0.1) is 34.2 Å². The van der Waals surface area contributed by atoms with Gasteiger partial charge >= 0.3 is 0 Å². The Kier molecular flexibility index (Phi) is 7.20. The number of fused-ring (bicyclic) bond motifs is 2. The molecule has 0 radical (unpaired) electrons. The second-order valence-corrected chi connectivity index (χ2v) is 6.31. The van der Waals surface area contributed by atoms with Crippen molar-refractivity contribution in [3.05, 3.63) is 59.3 Å². The minimum Gasteiger partial charge on any atom is -0.467 e. The van der Waals surface area contributed by atoms with Crippen LogP contribution in [-0.4, -0.2) is 40.9 Å². The molecule has 0 atom stereocenters. The fourth-order valence-electron chi connectivity index (χ4n) is 3.15. The zero-order chi connectivity index (χ0) is 19.3. The third-order valence-corrected chi connectivity index (χ3v) is 4.46. The topological polar surface area (TPSA) is 85.1 Å². The van der Waals surface area contributed by atoms with E-state index in [2.05, 4.69) is 25.8 Å². The first-order valence-corrected chi connectivity index (χ1v) is 8.99. The van der Waals surface area contributed by atoms with Gasteiger partial charge in [-0.2, -0.15) is 0 Å². The zero-order valence-corrected chi connectivity index (χ0v) is 18.2. The van der Waals surface area contributed by atoms with E-state index >= 15 is 0 Å². The van der Waals surface area contributed by atoms with Crippen LogP contribution in [0, 0.1) is 5.82 Å². The molecule has 0 aliphatic carbocycles. The Labute approximate surface area is 184 Å². The fraction of sp³-hybridized carbons (Fsp3) is 0.316.